The van der Waals surface area contributed by atoms with Crippen LogP contribution in [0.3, 0.4) is 0 Å². The molecule has 1 unspecified atom stereocenters. The van der Waals surface area contributed by atoms with E-state index in [2.05, 4.69) is 21.2 Å². The van der Waals surface area contributed by atoms with Gasteiger partial charge in [0.2, 0.25) is 0 Å². The first-order chi connectivity index (χ1) is 12.7. The predicted octanol–water partition coefficient (Wildman–Crippen LogP) is 4.78. The molecule has 0 amide bonds. The smallest absolute Gasteiger partial charge is 0.399 e. The fraction of sp³-hybridized carbons (Fsp3) is 0.211. The Morgan fingerprint density at radius 2 is 1.85 bits per heavy atom. The third-order valence-electron chi connectivity index (χ3n) is 4.38. The highest BCUT2D eigenvalue weighted by Crippen LogP contribution is 2.36. The molecule has 2 aromatic carbocycles. The monoisotopic (exact) mass is 439 g/mol. The molecule has 0 heterocycles. The molecule has 3 rings (SSSR count). The van der Waals surface area contributed by atoms with Crippen molar-refractivity contribution in [2.75, 3.05) is 11.1 Å². The molecular formula is C19H17BrF3N3O. The van der Waals surface area contributed by atoms with Crippen LogP contribution in [0.5, 0.6) is 0 Å². The Hall–Kier alpha value is -2.32. The number of benzene rings is 2. The van der Waals surface area contributed by atoms with Gasteiger partial charge in [-0.1, -0.05) is 28.1 Å². The number of rotatable bonds is 4. The van der Waals surface area contributed by atoms with E-state index in [4.69, 9.17) is 11.5 Å². The van der Waals surface area contributed by atoms with Gasteiger partial charge in [-0.2, -0.15) is 13.2 Å². The van der Waals surface area contributed by atoms with Crippen LogP contribution < -0.4 is 16.8 Å². The van der Waals surface area contributed by atoms with Gasteiger partial charge in [0.05, 0.1) is 11.6 Å². The molecule has 1 aliphatic rings. The predicted molar refractivity (Wildman–Crippen MR) is 102 cm³/mol. The molecule has 8 heteroatoms. The second-order valence-corrected chi connectivity index (χ2v) is 7.13. The lowest BCUT2D eigenvalue weighted by molar-refractivity contribution is -0.137. The van der Waals surface area contributed by atoms with Gasteiger partial charge in [-0.3, -0.25) is 4.79 Å². The summed E-state index contributed by atoms with van der Waals surface area (Å²) in [5.74, 6) is -0.124. The van der Waals surface area contributed by atoms with Gasteiger partial charge in [0, 0.05) is 33.5 Å². The van der Waals surface area contributed by atoms with Crippen LogP contribution in [0.4, 0.5) is 24.5 Å². The van der Waals surface area contributed by atoms with E-state index in [0.717, 1.165) is 12.1 Å². The van der Waals surface area contributed by atoms with Crippen LogP contribution in [0, 0.1) is 0 Å². The zero-order valence-electron chi connectivity index (χ0n) is 14.1. The third-order valence-corrected chi connectivity index (χ3v) is 5.07. The molecule has 0 spiro atoms. The molecule has 0 aliphatic heterocycles. The summed E-state index contributed by atoms with van der Waals surface area (Å²) >= 11 is 3.39. The number of carbonyl (C=O) groups is 1. The van der Waals surface area contributed by atoms with Crippen molar-refractivity contribution >= 4 is 33.1 Å². The maximum Gasteiger partial charge on any atom is 0.416 e. The number of nitrogens with one attached hydrogen (secondary N) is 1. The summed E-state index contributed by atoms with van der Waals surface area (Å²) in [5, 5.41) is 2.95. The molecule has 0 saturated carbocycles. The van der Waals surface area contributed by atoms with Gasteiger partial charge in [0.1, 0.15) is 0 Å². The molecule has 0 radical (unpaired) electrons. The maximum absolute atomic E-state index is 12.9. The van der Waals surface area contributed by atoms with Gasteiger partial charge in [0.15, 0.2) is 5.78 Å². The van der Waals surface area contributed by atoms with Crippen LogP contribution in [-0.4, -0.2) is 5.78 Å². The van der Waals surface area contributed by atoms with Gasteiger partial charge in [-0.15, -0.1) is 0 Å². The van der Waals surface area contributed by atoms with E-state index in [1.54, 1.807) is 18.2 Å². The summed E-state index contributed by atoms with van der Waals surface area (Å²) in [6.45, 7) is 0. The number of hydrogen-bond acceptors (Lipinski definition) is 4. The van der Waals surface area contributed by atoms with Crippen molar-refractivity contribution in [3.63, 3.8) is 0 Å². The minimum Gasteiger partial charge on any atom is -0.399 e. The SMILES string of the molecule is Nc1ccc(C(N)C2=C(Nc3cccc(C(F)(F)F)c3)CCC2=O)c(Br)c1. The van der Waals surface area contributed by atoms with Crippen molar-refractivity contribution in [2.45, 2.75) is 25.1 Å². The van der Waals surface area contributed by atoms with Crippen LogP contribution in [0.2, 0.25) is 0 Å². The van der Waals surface area contributed by atoms with E-state index >= 15 is 0 Å². The van der Waals surface area contributed by atoms with Gasteiger partial charge < -0.3 is 16.8 Å². The van der Waals surface area contributed by atoms with Crippen LogP contribution >= 0.6 is 15.9 Å². The minimum absolute atomic E-state index is 0.124. The van der Waals surface area contributed by atoms with Gasteiger partial charge in [-0.25, -0.2) is 0 Å². The van der Waals surface area contributed by atoms with E-state index in [0.29, 0.717) is 33.4 Å². The molecule has 2 aromatic rings. The van der Waals surface area contributed by atoms with Crippen molar-refractivity contribution in [1.29, 1.82) is 0 Å². The highest BCUT2D eigenvalue weighted by molar-refractivity contribution is 9.10. The Labute approximate surface area is 162 Å². The lowest BCUT2D eigenvalue weighted by Gasteiger charge is -2.18. The molecule has 1 atom stereocenters. The lowest BCUT2D eigenvalue weighted by Crippen LogP contribution is -2.20. The molecule has 5 N–H and O–H groups in total. The fourth-order valence-corrected chi connectivity index (χ4v) is 3.71. The normalized spacial score (nSPS) is 16.0. The van der Waals surface area contributed by atoms with Gasteiger partial charge >= 0.3 is 6.18 Å². The van der Waals surface area contributed by atoms with Crippen molar-refractivity contribution in [1.82, 2.24) is 0 Å². The molecule has 1 aliphatic carbocycles. The first-order valence-corrected chi connectivity index (χ1v) is 8.97. The number of carbonyl (C=O) groups excluding carboxylic acids is 1. The zero-order valence-corrected chi connectivity index (χ0v) is 15.7. The van der Waals surface area contributed by atoms with Crippen molar-refractivity contribution in [3.8, 4) is 0 Å². The average Bonchev–Trinajstić information content (AvgIpc) is 2.94. The Bertz CT molecular complexity index is 925. The Balaban J connectivity index is 1.95. The fourth-order valence-electron chi connectivity index (χ4n) is 3.07. The summed E-state index contributed by atoms with van der Waals surface area (Å²) in [5.41, 5.74) is 13.7. The number of Topliss-reactive ketones (excluding diaryl/α,β-unsaturated/α-hetero) is 1. The van der Waals surface area contributed by atoms with Gasteiger partial charge in [0.25, 0.3) is 0 Å². The minimum atomic E-state index is -4.44. The van der Waals surface area contributed by atoms with Crippen molar-refractivity contribution in [2.24, 2.45) is 5.73 Å². The average molecular weight is 440 g/mol. The maximum atomic E-state index is 12.9. The highest BCUT2D eigenvalue weighted by atomic mass is 79.9. The molecule has 142 valence electrons. The van der Waals surface area contributed by atoms with Crippen LogP contribution in [-0.2, 0) is 11.0 Å². The molecule has 4 nitrogen and oxygen atoms in total. The summed E-state index contributed by atoms with van der Waals surface area (Å²) < 4.78 is 39.4. The Morgan fingerprint density at radius 3 is 2.52 bits per heavy atom. The van der Waals surface area contributed by atoms with E-state index in [1.165, 1.54) is 12.1 Å². The van der Waals surface area contributed by atoms with Crippen LogP contribution in [0.15, 0.2) is 58.2 Å². The lowest BCUT2D eigenvalue weighted by atomic mass is 9.97. The number of alkyl halides is 3. The summed E-state index contributed by atoms with van der Waals surface area (Å²) in [6, 6.07) is 9.23. The Morgan fingerprint density at radius 1 is 1.11 bits per heavy atom. The van der Waals surface area contributed by atoms with E-state index in [-0.39, 0.29) is 17.9 Å². The first kappa shape index (κ1) is 19.4. The van der Waals surface area contributed by atoms with Gasteiger partial charge in [-0.05, 0) is 42.3 Å². The summed E-state index contributed by atoms with van der Waals surface area (Å²) in [4.78, 5) is 12.4. The zero-order chi connectivity index (χ0) is 19.8. The first-order valence-electron chi connectivity index (χ1n) is 8.18. The molecule has 27 heavy (non-hydrogen) atoms. The molecule has 0 bridgehead atoms. The van der Waals surface area contributed by atoms with E-state index < -0.39 is 17.8 Å². The second kappa shape index (κ2) is 7.36. The van der Waals surface area contributed by atoms with E-state index in [1.807, 2.05) is 0 Å². The number of nitrogen functional groups attached to an aromatic ring is 1. The van der Waals surface area contributed by atoms with Crippen LogP contribution in [0.25, 0.3) is 0 Å². The quantitative estimate of drug-likeness (QED) is 0.598. The number of nitrogens with two attached hydrogens (primary N) is 2. The van der Waals surface area contributed by atoms with E-state index in [9.17, 15) is 18.0 Å². The standard InChI is InChI=1S/C19H17BrF3N3O/c20-14-9-11(24)4-5-13(14)18(25)17-15(6-7-16(17)27)26-12-3-1-2-10(8-12)19(21,22)23/h1-5,8-9,18,26H,6-7,24-25H2. The topological polar surface area (TPSA) is 81.1 Å². The molecular weight excluding hydrogens is 423 g/mol. The Kier molecular flexibility index (Phi) is 5.30. The summed E-state index contributed by atoms with van der Waals surface area (Å²) in [6.07, 6.45) is -3.78. The third kappa shape index (κ3) is 4.17. The highest BCUT2D eigenvalue weighted by Gasteiger charge is 2.32. The number of anilines is 2. The largest absolute Gasteiger partial charge is 0.416 e. The molecule has 0 aromatic heterocycles. The second-order valence-electron chi connectivity index (χ2n) is 6.28. The molecule has 0 saturated heterocycles. The van der Waals surface area contributed by atoms with Crippen molar-refractivity contribution in [3.05, 3.63) is 69.3 Å². The van der Waals surface area contributed by atoms with Crippen molar-refractivity contribution < 1.29 is 18.0 Å². The summed E-state index contributed by atoms with van der Waals surface area (Å²) in [7, 11) is 0. The van der Waals surface area contributed by atoms with Crippen LogP contribution in [0.1, 0.15) is 30.0 Å². The number of hydrogen-bond donors (Lipinski definition) is 3. The molecule has 0 fully saturated rings. The number of halogens is 4. The number of allylic oxidation sites excluding steroid dienone is 1. The number of ketones is 1.